The van der Waals surface area contributed by atoms with Crippen molar-refractivity contribution in [2.24, 2.45) is 5.73 Å². The highest BCUT2D eigenvalue weighted by molar-refractivity contribution is 5.76. The highest BCUT2D eigenvalue weighted by Crippen LogP contribution is 2.17. The first-order valence-corrected chi connectivity index (χ1v) is 5.40. The van der Waals surface area contributed by atoms with E-state index in [1.165, 1.54) is 0 Å². The minimum Gasteiger partial charge on any atom is -0.334 e. The Morgan fingerprint density at radius 3 is 2.31 bits per heavy atom. The first-order chi connectivity index (χ1) is 7.30. The van der Waals surface area contributed by atoms with Gasteiger partial charge in [-0.3, -0.25) is 4.79 Å². The summed E-state index contributed by atoms with van der Waals surface area (Å²) in [5.41, 5.74) is 5.54. The van der Waals surface area contributed by atoms with Crippen molar-refractivity contribution in [1.29, 1.82) is 0 Å². The lowest BCUT2D eigenvalue weighted by Crippen LogP contribution is -2.41. The van der Waals surface area contributed by atoms with Gasteiger partial charge in [-0.1, -0.05) is 13.8 Å². The molecule has 0 spiro atoms. The summed E-state index contributed by atoms with van der Waals surface area (Å²) < 4.78 is 36.6. The van der Waals surface area contributed by atoms with Crippen LogP contribution in [0.4, 0.5) is 13.2 Å². The molecule has 0 aromatic rings. The Morgan fingerprint density at radius 1 is 1.38 bits per heavy atom. The molecule has 0 aromatic heterocycles. The second kappa shape index (κ2) is 6.73. The lowest BCUT2D eigenvalue weighted by Gasteiger charge is -2.24. The lowest BCUT2D eigenvalue weighted by molar-refractivity contribution is -0.161. The number of carbonyl (C=O) groups is 1. The molecule has 0 fully saturated rings. The number of nitrogens with zero attached hydrogens (tertiary/aromatic N) is 1. The molecule has 0 rings (SSSR count). The van der Waals surface area contributed by atoms with Crippen LogP contribution in [0.2, 0.25) is 0 Å². The maximum Gasteiger partial charge on any atom is 0.406 e. The minimum absolute atomic E-state index is 0.0213. The monoisotopic (exact) mass is 240 g/mol. The van der Waals surface area contributed by atoms with Crippen LogP contribution in [0, 0.1) is 0 Å². The van der Waals surface area contributed by atoms with Gasteiger partial charge in [0.1, 0.15) is 6.54 Å². The highest BCUT2D eigenvalue weighted by Gasteiger charge is 2.32. The van der Waals surface area contributed by atoms with E-state index in [2.05, 4.69) is 0 Å². The zero-order chi connectivity index (χ0) is 12.8. The van der Waals surface area contributed by atoms with Gasteiger partial charge < -0.3 is 10.6 Å². The van der Waals surface area contributed by atoms with Gasteiger partial charge in [0.2, 0.25) is 5.91 Å². The molecule has 0 aromatic carbocycles. The molecule has 0 saturated heterocycles. The number of carbonyl (C=O) groups excluding carboxylic acids is 1. The van der Waals surface area contributed by atoms with Crippen LogP contribution in [0.3, 0.4) is 0 Å². The van der Waals surface area contributed by atoms with Crippen LogP contribution in [0.25, 0.3) is 0 Å². The molecule has 2 N–H and O–H groups in total. The van der Waals surface area contributed by atoms with Crippen LogP contribution in [-0.4, -0.2) is 36.1 Å². The number of alkyl halides is 3. The molecule has 1 unspecified atom stereocenters. The Bertz CT molecular complexity index is 219. The van der Waals surface area contributed by atoms with Crippen molar-refractivity contribution in [3.05, 3.63) is 0 Å². The number of nitrogens with two attached hydrogens (primary N) is 1. The summed E-state index contributed by atoms with van der Waals surface area (Å²) in [6, 6.07) is -0.361. The van der Waals surface area contributed by atoms with Crippen molar-refractivity contribution < 1.29 is 18.0 Å². The molecule has 0 bridgehead atoms. The largest absolute Gasteiger partial charge is 0.406 e. The van der Waals surface area contributed by atoms with Gasteiger partial charge in [-0.15, -0.1) is 0 Å². The maximum atomic E-state index is 12.2. The molecular weight excluding hydrogens is 221 g/mol. The molecule has 1 atom stereocenters. The van der Waals surface area contributed by atoms with E-state index in [-0.39, 0.29) is 19.0 Å². The third-order valence-corrected chi connectivity index (χ3v) is 2.18. The van der Waals surface area contributed by atoms with E-state index < -0.39 is 18.6 Å². The molecule has 0 aliphatic heterocycles. The second-order valence-electron chi connectivity index (χ2n) is 3.80. The minimum atomic E-state index is -4.35. The zero-order valence-electron chi connectivity index (χ0n) is 9.68. The average molecular weight is 240 g/mol. The van der Waals surface area contributed by atoms with Crippen LogP contribution in [0.1, 0.15) is 33.1 Å². The first-order valence-electron chi connectivity index (χ1n) is 5.40. The van der Waals surface area contributed by atoms with E-state index in [9.17, 15) is 18.0 Å². The third-order valence-electron chi connectivity index (χ3n) is 2.18. The number of rotatable bonds is 6. The topological polar surface area (TPSA) is 46.3 Å². The SMILES string of the molecule is CCCN(CC(F)(F)F)C(=O)CC(N)CC. The van der Waals surface area contributed by atoms with Gasteiger partial charge >= 0.3 is 6.18 Å². The number of hydrogen-bond acceptors (Lipinski definition) is 2. The van der Waals surface area contributed by atoms with E-state index in [1.807, 2.05) is 0 Å². The summed E-state index contributed by atoms with van der Waals surface area (Å²) in [6.07, 6.45) is -3.28. The summed E-state index contributed by atoms with van der Waals surface area (Å²) in [6.45, 7) is 2.47. The molecule has 0 aliphatic carbocycles. The van der Waals surface area contributed by atoms with Gasteiger partial charge in [0.25, 0.3) is 0 Å². The Morgan fingerprint density at radius 2 is 1.94 bits per heavy atom. The molecule has 16 heavy (non-hydrogen) atoms. The molecule has 96 valence electrons. The number of amides is 1. The summed E-state index contributed by atoms with van der Waals surface area (Å²) in [7, 11) is 0. The van der Waals surface area contributed by atoms with Crippen LogP contribution < -0.4 is 5.73 Å². The molecule has 0 aliphatic rings. The lowest BCUT2D eigenvalue weighted by atomic mass is 10.1. The standard InChI is InChI=1S/C10H19F3N2O/c1-3-5-15(7-10(11,12)13)9(16)6-8(14)4-2/h8H,3-7,14H2,1-2H3. The van der Waals surface area contributed by atoms with Crippen LogP contribution in [0.5, 0.6) is 0 Å². The highest BCUT2D eigenvalue weighted by atomic mass is 19.4. The Balaban J connectivity index is 4.35. The van der Waals surface area contributed by atoms with Crippen LogP contribution >= 0.6 is 0 Å². The number of hydrogen-bond donors (Lipinski definition) is 1. The first kappa shape index (κ1) is 15.2. The van der Waals surface area contributed by atoms with E-state index in [0.29, 0.717) is 12.8 Å². The van der Waals surface area contributed by atoms with E-state index in [4.69, 9.17) is 5.73 Å². The molecule has 0 saturated carbocycles. The van der Waals surface area contributed by atoms with Crippen molar-refractivity contribution in [1.82, 2.24) is 4.90 Å². The molecule has 3 nitrogen and oxygen atoms in total. The smallest absolute Gasteiger partial charge is 0.334 e. The Hall–Kier alpha value is -0.780. The van der Waals surface area contributed by atoms with Crippen molar-refractivity contribution in [2.75, 3.05) is 13.1 Å². The van der Waals surface area contributed by atoms with Gasteiger partial charge in [-0.2, -0.15) is 13.2 Å². The normalized spacial score (nSPS) is 13.6. The Kier molecular flexibility index (Phi) is 6.40. The number of halogens is 3. The van der Waals surface area contributed by atoms with Gasteiger partial charge in [-0.25, -0.2) is 0 Å². The van der Waals surface area contributed by atoms with Crippen molar-refractivity contribution >= 4 is 5.91 Å². The molecule has 0 heterocycles. The summed E-state index contributed by atoms with van der Waals surface area (Å²) in [5, 5.41) is 0. The molecule has 1 amide bonds. The van der Waals surface area contributed by atoms with E-state index >= 15 is 0 Å². The van der Waals surface area contributed by atoms with Gasteiger partial charge in [0, 0.05) is 19.0 Å². The van der Waals surface area contributed by atoms with Gasteiger partial charge in [0.05, 0.1) is 0 Å². The predicted octanol–water partition coefficient (Wildman–Crippen LogP) is 1.91. The van der Waals surface area contributed by atoms with Crippen molar-refractivity contribution in [3.8, 4) is 0 Å². The quantitative estimate of drug-likeness (QED) is 0.771. The molecular formula is C10H19F3N2O. The van der Waals surface area contributed by atoms with Crippen molar-refractivity contribution in [2.45, 2.75) is 45.3 Å². The predicted molar refractivity (Wildman–Crippen MR) is 55.8 cm³/mol. The fraction of sp³-hybridized carbons (Fsp3) is 0.900. The third kappa shape index (κ3) is 6.66. The van der Waals surface area contributed by atoms with Gasteiger partial charge in [0.15, 0.2) is 0 Å². The van der Waals surface area contributed by atoms with E-state index in [0.717, 1.165) is 4.90 Å². The molecule has 0 radical (unpaired) electrons. The molecule has 6 heteroatoms. The van der Waals surface area contributed by atoms with Crippen LogP contribution in [-0.2, 0) is 4.79 Å². The fourth-order valence-electron chi connectivity index (χ4n) is 1.28. The second-order valence-corrected chi connectivity index (χ2v) is 3.80. The van der Waals surface area contributed by atoms with Gasteiger partial charge in [-0.05, 0) is 12.8 Å². The average Bonchev–Trinajstić information content (AvgIpc) is 2.14. The fourth-order valence-corrected chi connectivity index (χ4v) is 1.28. The van der Waals surface area contributed by atoms with Crippen LogP contribution in [0.15, 0.2) is 0 Å². The van der Waals surface area contributed by atoms with E-state index in [1.54, 1.807) is 13.8 Å². The summed E-state index contributed by atoms with van der Waals surface area (Å²) >= 11 is 0. The zero-order valence-corrected chi connectivity index (χ0v) is 9.68. The maximum absolute atomic E-state index is 12.2. The van der Waals surface area contributed by atoms with Crippen molar-refractivity contribution in [3.63, 3.8) is 0 Å². The summed E-state index contributed by atoms with van der Waals surface area (Å²) in [5.74, 6) is -0.520. The Labute approximate surface area is 93.8 Å². The summed E-state index contributed by atoms with van der Waals surface area (Å²) in [4.78, 5) is 12.4.